The lowest BCUT2D eigenvalue weighted by Crippen LogP contribution is -2.33. The second kappa shape index (κ2) is 9.81. The largest absolute Gasteiger partial charge is 0.348 e. The first-order valence-electron chi connectivity index (χ1n) is 11.3. The van der Waals surface area contributed by atoms with Crippen LogP contribution in [0.25, 0.3) is 0 Å². The van der Waals surface area contributed by atoms with E-state index in [0.29, 0.717) is 31.0 Å². The van der Waals surface area contributed by atoms with Crippen LogP contribution in [0.5, 0.6) is 0 Å². The highest BCUT2D eigenvalue weighted by Crippen LogP contribution is 2.17. The minimum atomic E-state index is -0.232. The molecule has 6 nitrogen and oxygen atoms in total. The zero-order chi connectivity index (χ0) is 22.5. The lowest BCUT2D eigenvalue weighted by molar-refractivity contribution is 0.0745. The molecule has 166 valence electrons. The summed E-state index contributed by atoms with van der Waals surface area (Å²) in [5, 5.41) is 7.47. The van der Waals surface area contributed by atoms with E-state index in [1.807, 2.05) is 42.2 Å². The number of aromatic nitrogens is 2. The first-order valence-corrected chi connectivity index (χ1v) is 11.3. The van der Waals surface area contributed by atoms with Gasteiger partial charge in [0.15, 0.2) is 5.69 Å². The predicted molar refractivity (Wildman–Crippen MR) is 124 cm³/mol. The van der Waals surface area contributed by atoms with Gasteiger partial charge in [-0.15, -0.1) is 0 Å². The Morgan fingerprint density at radius 1 is 1.06 bits per heavy atom. The molecule has 3 aromatic rings. The average Bonchev–Trinajstić information content (AvgIpc) is 3.16. The number of nitrogens with one attached hydrogen (secondary N) is 1. The van der Waals surface area contributed by atoms with E-state index in [1.165, 1.54) is 11.1 Å². The molecule has 2 heterocycles. The van der Waals surface area contributed by atoms with Gasteiger partial charge in [-0.3, -0.25) is 14.3 Å². The van der Waals surface area contributed by atoms with Gasteiger partial charge in [-0.1, -0.05) is 60.2 Å². The minimum absolute atomic E-state index is 0.0118. The SMILES string of the molecule is Cc1cccc(CN2CCCn3nc(C(=O)N[C@H](C)CCc4ccccc4)cc3C2=O)c1. The molecule has 0 aliphatic carbocycles. The summed E-state index contributed by atoms with van der Waals surface area (Å²) in [6.45, 7) is 5.91. The molecule has 32 heavy (non-hydrogen) atoms. The molecule has 0 unspecified atom stereocenters. The summed E-state index contributed by atoms with van der Waals surface area (Å²) in [7, 11) is 0. The Balaban J connectivity index is 1.40. The van der Waals surface area contributed by atoms with Crippen molar-refractivity contribution in [1.82, 2.24) is 20.0 Å². The number of carbonyl (C=O) groups is 2. The van der Waals surface area contributed by atoms with E-state index in [-0.39, 0.29) is 17.9 Å². The third-order valence-corrected chi connectivity index (χ3v) is 5.86. The molecule has 0 spiro atoms. The van der Waals surface area contributed by atoms with E-state index in [1.54, 1.807) is 10.7 Å². The van der Waals surface area contributed by atoms with Gasteiger partial charge >= 0.3 is 0 Å². The van der Waals surface area contributed by atoms with Crippen molar-refractivity contribution in [3.63, 3.8) is 0 Å². The smallest absolute Gasteiger partial charge is 0.272 e. The Hall–Kier alpha value is -3.41. The van der Waals surface area contributed by atoms with Gasteiger partial charge in [0, 0.05) is 31.7 Å². The van der Waals surface area contributed by atoms with Gasteiger partial charge in [0.1, 0.15) is 5.69 Å². The summed E-state index contributed by atoms with van der Waals surface area (Å²) < 4.78 is 1.68. The summed E-state index contributed by atoms with van der Waals surface area (Å²) in [5.41, 5.74) is 4.32. The number of aryl methyl sites for hydroxylation is 3. The normalized spacial score (nSPS) is 14.6. The quantitative estimate of drug-likeness (QED) is 0.616. The lowest BCUT2D eigenvalue weighted by atomic mass is 10.1. The third-order valence-electron chi connectivity index (χ3n) is 5.86. The van der Waals surface area contributed by atoms with Gasteiger partial charge in [-0.2, -0.15) is 5.10 Å². The molecular formula is C26H30N4O2. The average molecular weight is 431 g/mol. The molecule has 1 aliphatic rings. The number of fused-ring (bicyclic) bond motifs is 1. The summed E-state index contributed by atoms with van der Waals surface area (Å²) in [4.78, 5) is 27.8. The Labute approximate surface area is 189 Å². The second-order valence-corrected chi connectivity index (χ2v) is 8.61. The van der Waals surface area contributed by atoms with Crippen molar-refractivity contribution in [1.29, 1.82) is 0 Å². The van der Waals surface area contributed by atoms with Crippen molar-refractivity contribution in [3.05, 3.63) is 88.7 Å². The molecule has 0 fully saturated rings. The Morgan fingerprint density at radius 2 is 1.84 bits per heavy atom. The van der Waals surface area contributed by atoms with Crippen molar-refractivity contribution in [3.8, 4) is 0 Å². The fourth-order valence-corrected chi connectivity index (χ4v) is 4.12. The van der Waals surface area contributed by atoms with Crippen LogP contribution in [0.1, 0.15) is 57.4 Å². The fraction of sp³-hybridized carbons (Fsp3) is 0.346. The monoisotopic (exact) mass is 430 g/mol. The number of rotatable bonds is 7. The Morgan fingerprint density at radius 3 is 2.62 bits per heavy atom. The van der Waals surface area contributed by atoms with Crippen LogP contribution in [0.3, 0.4) is 0 Å². The topological polar surface area (TPSA) is 67.2 Å². The number of hydrogen-bond acceptors (Lipinski definition) is 3. The number of benzene rings is 2. The molecule has 1 aliphatic heterocycles. The van der Waals surface area contributed by atoms with E-state index in [4.69, 9.17) is 0 Å². The van der Waals surface area contributed by atoms with Crippen LogP contribution in [-0.2, 0) is 19.5 Å². The van der Waals surface area contributed by atoms with Gasteiger partial charge in [-0.25, -0.2) is 0 Å². The number of amides is 2. The van der Waals surface area contributed by atoms with Gasteiger partial charge in [0.2, 0.25) is 0 Å². The van der Waals surface area contributed by atoms with Gasteiger partial charge in [0.25, 0.3) is 11.8 Å². The zero-order valence-electron chi connectivity index (χ0n) is 18.8. The molecule has 0 saturated carbocycles. The van der Waals surface area contributed by atoms with Crippen molar-refractivity contribution in [2.75, 3.05) is 6.54 Å². The molecule has 2 amide bonds. The first kappa shape index (κ1) is 21.8. The van der Waals surface area contributed by atoms with Crippen molar-refractivity contribution in [2.24, 2.45) is 0 Å². The van der Waals surface area contributed by atoms with E-state index in [0.717, 1.165) is 24.8 Å². The summed E-state index contributed by atoms with van der Waals surface area (Å²) >= 11 is 0. The van der Waals surface area contributed by atoms with Crippen LogP contribution in [-0.4, -0.2) is 39.1 Å². The molecule has 2 aromatic carbocycles. The highest BCUT2D eigenvalue weighted by Gasteiger charge is 2.26. The van der Waals surface area contributed by atoms with Crippen molar-refractivity contribution in [2.45, 2.75) is 52.2 Å². The van der Waals surface area contributed by atoms with Gasteiger partial charge in [-0.05, 0) is 44.2 Å². The molecule has 0 saturated heterocycles. The van der Waals surface area contributed by atoms with E-state index in [9.17, 15) is 9.59 Å². The third kappa shape index (κ3) is 5.25. The molecular weight excluding hydrogens is 400 g/mol. The van der Waals surface area contributed by atoms with E-state index < -0.39 is 0 Å². The van der Waals surface area contributed by atoms with Crippen molar-refractivity contribution >= 4 is 11.8 Å². The maximum Gasteiger partial charge on any atom is 0.272 e. The second-order valence-electron chi connectivity index (χ2n) is 8.61. The molecule has 6 heteroatoms. The van der Waals surface area contributed by atoms with Gasteiger partial charge in [0.05, 0.1) is 0 Å². The maximum atomic E-state index is 13.2. The molecule has 1 aromatic heterocycles. The van der Waals surface area contributed by atoms with Gasteiger partial charge < -0.3 is 10.2 Å². The van der Waals surface area contributed by atoms with Crippen LogP contribution in [0.15, 0.2) is 60.7 Å². The maximum absolute atomic E-state index is 13.2. The predicted octanol–water partition coefficient (Wildman–Crippen LogP) is 3.99. The first-order chi connectivity index (χ1) is 15.5. The lowest BCUT2D eigenvalue weighted by Gasteiger charge is -2.20. The number of carbonyl (C=O) groups excluding carboxylic acids is 2. The van der Waals surface area contributed by atoms with Crippen LogP contribution in [0.2, 0.25) is 0 Å². The van der Waals surface area contributed by atoms with Crippen molar-refractivity contribution < 1.29 is 9.59 Å². The van der Waals surface area contributed by atoms with E-state index in [2.05, 4.69) is 41.6 Å². The highest BCUT2D eigenvalue weighted by molar-refractivity contribution is 5.98. The number of hydrogen-bond donors (Lipinski definition) is 1. The minimum Gasteiger partial charge on any atom is -0.348 e. The van der Waals surface area contributed by atoms with Crippen LogP contribution >= 0.6 is 0 Å². The molecule has 0 bridgehead atoms. The number of nitrogens with zero attached hydrogens (tertiary/aromatic N) is 3. The summed E-state index contributed by atoms with van der Waals surface area (Å²) in [5.74, 6) is -0.308. The molecule has 1 atom stereocenters. The molecule has 4 rings (SSSR count). The fourth-order valence-electron chi connectivity index (χ4n) is 4.12. The van der Waals surface area contributed by atoms with Crippen LogP contribution in [0, 0.1) is 6.92 Å². The Kier molecular flexibility index (Phi) is 6.69. The summed E-state index contributed by atoms with van der Waals surface area (Å²) in [6, 6.07) is 20.1. The zero-order valence-corrected chi connectivity index (χ0v) is 18.8. The highest BCUT2D eigenvalue weighted by atomic mass is 16.2. The Bertz CT molecular complexity index is 1090. The van der Waals surface area contributed by atoms with Crippen LogP contribution in [0.4, 0.5) is 0 Å². The molecule has 1 N–H and O–H groups in total. The standard InChI is InChI=1S/C26H30N4O2/c1-19-8-6-11-22(16-19)18-29-14-7-15-30-24(26(29)32)17-23(28-30)25(31)27-20(2)12-13-21-9-4-3-5-10-21/h3-6,8-11,16-17,20H,7,12-15,18H2,1-2H3,(H,27,31)/t20-/m1/s1. The van der Waals surface area contributed by atoms with Crippen LogP contribution < -0.4 is 5.32 Å². The summed E-state index contributed by atoms with van der Waals surface area (Å²) in [6.07, 6.45) is 2.54. The molecule has 0 radical (unpaired) electrons. The van der Waals surface area contributed by atoms with E-state index >= 15 is 0 Å².